The Balaban J connectivity index is 2.24. The zero-order valence-electron chi connectivity index (χ0n) is 12.1. The third-order valence-electron chi connectivity index (χ3n) is 2.82. The number of tetrazole rings is 1. The number of nitrogens with zero attached hydrogens (tertiary/aromatic N) is 4. The molecule has 2 aromatic rings. The van der Waals surface area contributed by atoms with E-state index in [0.717, 1.165) is 0 Å². The molecule has 0 aliphatic heterocycles. The molecule has 2 amide bonds. The van der Waals surface area contributed by atoms with Crippen molar-refractivity contribution in [3.8, 4) is 11.4 Å². The van der Waals surface area contributed by atoms with E-state index in [4.69, 9.17) is 0 Å². The van der Waals surface area contributed by atoms with Crippen LogP contribution in [-0.4, -0.2) is 39.2 Å². The summed E-state index contributed by atoms with van der Waals surface area (Å²) in [6.07, 6.45) is -2.60. The SMILES string of the molecule is CC(C)n1nnnc1-c1ccccc1NC(=O)NCC(F)F. The van der Waals surface area contributed by atoms with E-state index in [1.54, 1.807) is 28.9 Å². The Morgan fingerprint density at radius 2 is 2.05 bits per heavy atom. The zero-order valence-corrected chi connectivity index (χ0v) is 12.1. The van der Waals surface area contributed by atoms with E-state index in [-0.39, 0.29) is 6.04 Å². The molecule has 22 heavy (non-hydrogen) atoms. The quantitative estimate of drug-likeness (QED) is 0.887. The molecule has 1 heterocycles. The van der Waals surface area contributed by atoms with Gasteiger partial charge in [-0.25, -0.2) is 18.3 Å². The van der Waals surface area contributed by atoms with E-state index in [1.165, 1.54) is 0 Å². The second-order valence-corrected chi connectivity index (χ2v) is 4.81. The van der Waals surface area contributed by atoms with E-state index in [1.807, 2.05) is 13.8 Å². The normalized spacial score (nSPS) is 11.0. The van der Waals surface area contributed by atoms with Crippen LogP contribution in [-0.2, 0) is 0 Å². The molecule has 0 fully saturated rings. The van der Waals surface area contributed by atoms with Gasteiger partial charge in [0.25, 0.3) is 6.43 Å². The van der Waals surface area contributed by atoms with Gasteiger partial charge in [-0.3, -0.25) is 0 Å². The van der Waals surface area contributed by atoms with Crippen LogP contribution in [0.2, 0.25) is 0 Å². The lowest BCUT2D eigenvalue weighted by atomic mass is 10.1. The van der Waals surface area contributed by atoms with Gasteiger partial charge in [0.05, 0.1) is 18.3 Å². The number of carbonyl (C=O) groups is 1. The molecular weight excluding hydrogens is 294 g/mol. The first-order chi connectivity index (χ1) is 10.5. The summed E-state index contributed by atoms with van der Waals surface area (Å²) < 4.78 is 25.8. The first kappa shape index (κ1) is 15.8. The van der Waals surface area contributed by atoms with Crippen LogP contribution in [0.3, 0.4) is 0 Å². The van der Waals surface area contributed by atoms with Gasteiger partial charge in [0, 0.05) is 5.56 Å². The second kappa shape index (κ2) is 6.92. The molecule has 0 bridgehead atoms. The number of aromatic nitrogens is 4. The summed E-state index contributed by atoms with van der Waals surface area (Å²) >= 11 is 0. The van der Waals surface area contributed by atoms with E-state index in [2.05, 4.69) is 26.2 Å². The smallest absolute Gasteiger partial charge is 0.319 e. The summed E-state index contributed by atoms with van der Waals surface area (Å²) in [5.41, 5.74) is 1.04. The number of halogens is 2. The molecule has 0 atom stereocenters. The fraction of sp³-hybridized carbons (Fsp3) is 0.385. The minimum absolute atomic E-state index is 0.0331. The molecule has 1 aromatic heterocycles. The average molecular weight is 310 g/mol. The summed E-state index contributed by atoms with van der Waals surface area (Å²) in [7, 11) is 0. The van der Waals surface area contributed by atoms with Crippen LogP contribution in [0.5, 0.6) is 0 Å². The van der Waals surface area contributed by atoms with Gasteiger partial charge in [-0.15, -0.1) is 5.10 Å². The molecule has 0 aliphatic rings. The monoisotopic (exact) mass is 310 g/mol. The lowest BCUT2D eigenvalue weighted by Crippen LogP contribution is -2.32. The number of benzene rings is 1. The Labute approximate surface area is 125 Å². The molecule has 0 spiro atoms. The summed E-state index contributed by atoms with van der Waals surface area (Å²) in [5, 5.41) is 16.1. The number of para-hydroxylation sites is 1. The number of hydrogen-bond donors (Lipinski definition) is 2. The lowest BCUT2D eigenvalue weighted by Gasteiger charge is -2.13. The highest BCUT2D eigenvalue weighted by atomic mass is 19.3. The fourth-order valence-corrected chi connectivity index (χ4v) is 1.84. The highest BCUT2D eigenvalue weighted by molar-refractivity contribution is 5.93. The number of anilines is 1. The maximum Gasteiger partial charge on any atom is 0.319 e. The minimum atomic E-state index is -2.60. The Morgan fingerprint density at radius 1 is 1.32 bits per heavy atom. The number of urea groups is 1. The molecule has 1 aromatic carbocycles. The molecule has 7 nitrogen and oxygen atoms in total. The molecule has 2 N–H and O–H groups in total. The van der Waals surface area contributed by atoms with Crippen molar-refractivity contribution < 1.29 is 13.6 Å². The fourth-order valence-electron chi connectivity index (χ4n) is 1.84. The molecule has 2 rings (SSSR count). The van der Waals surface area contributed by atoms with Gasteiger partial charge in [-0.2, -0.15) is 0 Å². The number of hydrogen-bond acceptors (Lipinski definition) is 4. The first-order valence-corrected chi connectivity index (χ1v) is 6.69. The van der Waals surface area contributed by atoms with Crippen molar-refractivity contribution in [3.63, 3.8) is 0 Å². The highest BCUT2D eigenvalue weighted by Gasteiger charge is 2.16. The first-order valence-electron chi connectivity index (χ1n) is 6.69. The minimum Gasteiger partial charge on any atom is -0.332 e. The third-order valence-corrected chi connectivity index (χ3v) is 2.82. The molecule has 0 aliphatic carbocycles. The Morgan fingerprint density at radius 3 is 2.73 bits per heavy atom. The van der Waals surface area contributed by atoms with Crippen LogP contribution < -0.4 is 10.6 Å². The summed E-state index contributed by atoms with van der Waals surface area (Å²) in [6, 6.07) is 6.21. The zero-order chi connectivity index (χ0) is 16.1. The van der Waals surface area contributed by atoms with E-state index in [9.17, 15) is 13.6 Å². The molecule has 9 heteroatoms. The van der Waals surface area contributed by atoms with Gasteiger partial charge in [0.2, 0.25) is 0 Å². The van der Waals surface area contributed by atoms with Crippen molar-refractivity contribution in [3.05, 3.63) is 24.3 Å². The van der Waals surface area contributed by atoms with Crippen LogP contribution in [0.15, 0.2) is 24.3 Å². The number of rotatable bonds is 5. The van der Waals surface area contributed by atoms with Crippen LogP contribution in [0.25, 0.3) is 11.4 Å². The van der Waals surface area contributed by atoms with Crippen LogP contribution >= 0.6 is 0 Å². The molecular formula is C13H16F2N6O. The summed E-state index contributed by atoms with van der Waals surface area (Å²) in [5.74, 6) is 0.486. The van der Waals surface area contributed by atoms with Crippen molar-refractivity contribution in [1.82, 2.24) is 25.5 Å². The number of amides is 2. The van der Waals surface area contributed by atoms with Gasteiger partial charge < -0.3 is 10.6 Å². The predicted octanol–water partition coefficient (Wildman–Crippen LogP) is 2.31. The van der Waals surface area contributed by atoms with Crippen molar-refractivity contribution in [2.75, 3.05) is 11.9 Å². The third kappa shape index (κ3) is 3.74. The summed E-state index contributed by atoms with van der Waals surface area (Å²) in [6.45, 7) is 3.13. The molecule has 0 unspecified atom stereocenters. The largest absolute Gasteiger partial charge is 0.332 e. The second-order valence-electron chi connectivity index (χ2n) is 4.81. The predicted molar refractivity (Wildman–Crippen MR) is 76.7 cm³/mol. The van der Waals surface area contributed by atoms with Gasteiger partial charge in [0.15, 0.2) is 5.82 Å². The summed E-state index contributed by atoms with van der Waals surface area (Å²) in [4.78, 5) is 11.6. The molecule has 118 valence electrons. The maximum atomic E-state index is 12.1. The lowest BCUT2D eigenvalue weighted by molar-refractivity contribution is 0.148. The number of alkyl halides is 2. The van der Waals surface area contributed by atoms with Crippen molar-refractivity contribution in [2.45, 2.75) is 26.3 Å². The maximum absolute atomic E-state index is 12.1. The Bertz CT molecular complexity index is 643. The Hall–Kier alpha value is -2.58. The molecule has 0 radical (unpaired) electrons. The number of nitrogens with one attached hydrogen (secondary N) is 2. The van der Waals surface area contributed by atoms with Crippen LogP contribution in [0.4, 0.5) is 19.3 Å². The van der Waals surface area contributed by atoms with E-state index >= 15 is 0 Å². The molecule has 0 saturated heterocycles. The van der Waals surface area contributed by atoms with Gasteiger partial charge in [0.1, 0.15) is 0 Å². The van der Waals surface area contributed by atoms with Crippen molar-refractivity contribution in [1.29, 1.82) is 0 Å². The van der Waals surface area contributed by atoms with E-state index in [0.29, 0.717) is 17.1 Å². The highest BCUT2D eigenvalue weighted by Crippen LogP contribution is 2.26. The standard InChI is InChI=1S/C13H16F2N6O/c1-8(2)21-12(18-19-20-21)9-5-3-4-6-10(9)17-13(22)16-7-11(14)15/h3-6,8,11H,7H2,1-2H3,(H2,16,17,22). The van der Waals surface area contributed by atoms with E-state index < -0.39 is 19.0 Å². The van der Waals surface area contributed by atoms with Crippen LogP contribution in [0, 0.1) is 0 Å². The van der Waals surface area contributed by atoms with Gasteiger partial charge in [-0.1, -0.05) is 12.1 Å². The van der Waals surface area contributed by atoms with Gasteiger partial charge >= 0.3 is 6.03 Å². The average Bonchev–Trinajstić information content (AvgIpc) is 2.95. The molecule has 0 saturated carbocycles. The Kier molecular flexibility index (Phi) is 4.97. The van der Waals surface area contributed by atoms with Crippen LogP contribution in [0.1, 0.15) is 19.9 Å². The van der Waals surface area contributed by atoms with Gasteiger partial charge in [-0.05, 0) is 36.4 Å². The van der Waals surface area contributed by atoms with Crippen molar-refractivity contribution >= 4 is 11.7 Å². The number of carbonyl (C=O) groups excluding carboxylic acids is 1. The topological polar surface area (TPSA) is 84.7 Å². The van der Waals surface area contributed by atoms with Crippen molar-refractivity contribution in [2.24, 2.45) is 0 Å².